The van der Waals surface area contributed by atoms with Crippen molar-refractivity contribution in [2.24, 2.45) is 0 Å². The molecule has 0 N–H and O–H groups in total. The van der Waals surface area contributed by atoms with Crippen LogP contribution in [0.4, 0.5) is 0 Å². The molecule has 0 saturated carbocycles. The molecular weight excluding hydrogens is 292 g/mol. The minimum atomic E-state index is 0.221. The highest BCUT2D eigenvalue weighted by atomic mass is 14.6. The van der Waals surface area contributed by atoms with E-state index in [1.807, 2.05) is 59.3 Å². The maximum atomic E-state index is 4.15. The van der Waals surface area contributed by atoms with Crippen molar-refractivity contribution >= 4 is 0 Å². The summed E-state index contributed by atoms with van der Waals surface area (Å²) in [4.78, 5) is 8.24. The molecule has 2 heteroatoms. The molecule has 0 amide bonds. The molecule has 136 valence electrons. The van der Waals surface area contributed by atoms with Crippen molar-refractivity contribution < 1.29 is 0 Å². The van der Waals surface area contributed by atoms with Crippen LogP contribution in [0.15, 0.2) is 36.8 Å². The Morgan fingerprint density at radius 3 is 1.83 bits per heavy atom. The third-order valence-corrected chi connectivity index (χ3v) is 3.11. The Kier molecular flexibility index (Phi) is 14.0. The molecule has 0 radical (unpaired) electrons. The zero-order chi connectivity index (χ0) is 19.2. The Morgan fingerprint density at radius 1 is 0.917 bits per heavy atom. The number of aromatic nitrogens is 2. The summed E-state index contributed by atoms with van der Waals surface area (Å²) in [5, 5.41) is 0. The Balaban J connectivity index is 0. The maximum absolute atomic E-state index is 4.15. The van der Waals surface area contributed by atoms with E-state index in [2.05, 4.69) is 56.7 Å². The van der Waals surface area contributed by atoms with Gasteiger partial charge in [-0.2, -0.15) is 0 Å². The molecule has 0 bridgehead atoms. The number of nitrogens with zero attached hydrogens (tertiary/aromatic N) is 2. The zero-order valence-corrected chi connectivity index (χ0v) is 17.6. The van der Waals surface area contributed by atoms with Crippen LogP contribution in [0.3, 0.4) is 0 Å². The molecule has 2 nitrogen and oxygen atoms in total. The highest BCUT2D eigenvalue weighted by Crippen LogP contribution is 2.21. The lowest BCUT2D eigenvalue weighted by Crippen LogP contribution is -2.11. The fourth-order valence-corrected chi connectivity index (χ4v) is 1.79. The third kappa shape index (κ3) is 10.9. The molecule has 0 aliphatic carbocycles. The van der Waals surface area contributed by atoms with E-state index in [-0.39, 0.29) is 5.41 Å². The van der Waals surface area contributed by atoms with Gasteiger partial charge in [0.05, 0.1) is 0 Å². The van der Waals surface area contributed by atoms with Crippen molar-refractivity contribution in [2.75, 3.05) is 0 Å². The van der Waals surface area contributed by atoms with E-state index in [0.717, 1.165) is 12.1 Å². The van der Waals surface area contributed by atoms with Crippen LogP contribution in [0.1, 0.15) is 77.8 Å². The van der Waals surface area contributed by atoms with Crippen LogP contribution in [-0.2, 0) is 11.8 Å². The van der Waals surface area contributed by atoms with Gasteiger partial charge in [0.25, 0.3) is 0 Å². The van der Waals surface area contributed by atoms with Crippen LogP contribution in [0, 0.1) is 13.8 Å². The first-order valence-electron chi connectivity index (χ1n) is 9.16. The van der Waals surface area contributed by atoms with Gasteiger partial charge in [0, 0.05) is 24.3 Å². The molecule has 2 rings (SSSR count). The van der Waals surface area contributed by atoms with Gasteiger partial charge in [-0.05, 0) is 54.5 Å². The summed E-state index contributed by atoms with van der Waals surface area (Å²) < 4.78 is 0. The Bertz CT molecular complexity index is 540. The van der Waals surface area contributed by atoms with Crippen LogP contribution in [0.5, 0.6) is 0 Å². The second kappa shape index (κ2) is 13.7. The van der Waals surface area contributed by atoms with Crippen LogP contribution in [-0.4, -0.2) is 9.97 Å². The predicted octanol–water partition coefficient (Wildman–Crippen LogP) is 6.69. The lowest BCUT2D eigenvalue weighted by molar-refractivity contribution is 0.587. The molecule has 2 aromatic heterocycles. The quantitative estimate of drug-likeness (QED) is 0.582. The molecule has 0 atom stereocenters. The van der Waals surface area contributed by atoms with Crippen LogP contribution in [0.25, 0.3) is 0 Å². The molecule has 0 unspecified atom stereocenters. The lowest BCUT2D eigenvalue weighted by atomic mass is 9.88. The molecule has 24 heavy (non-hydrogen) atoms. The number of rotatable bonds is 1. The molecule has 2 aromatic rings. The average Bonchev–Trinajstić information content (AvgIpc) is 2.58. The SMILES string of the molecule is CC.CC.CCc1ccnc(C)c1.Cc1cncc(C(C)(C)C)c1. The number of hydrogen-bond acceptors (Lipinski definition) is 2. The number of aryl methyl sites for hydroxylation is 3. The summed E-state index contributed by atoms with van der Waals surface area (Å²) >= 11 is 0. The van der Waals surface area contributed by atoms with Gasteiger partial charge < -0.3 is 0 Å². The van der Waals surface area contributed by atoms with Gasteiger partial charge >= 0.3 is 0 Å². The summed E-state index contributed by atoms with van der Waals surface area (Å²) in [6.45, 7) is 20.8. The minimum Gasteiger partial charge on any atom is -0.264 e. The normalized spacial score (nSPS) is 9.42. The number of pyridine rings is 2. The van der Waals surface area contributed by atoms with E-state index in [9.17, 15) is 0 Å². The molecule has 0 saturated heterocycles. The first-order chi connectivity index (χ1) is 11.3. The summed E-state index contributed by atoms with van der Waals surface area (Å²) in [5.74, 6) is 0. The van der Waals surface area contributed by atoms with Gasteiger partial charge in [-0.1, -0.05) is 61.5 Å². The van der Waals surface area contributed by atoms with E-state index < -0.39 is 0 Å². The van der Waals surface area contributed by atoms with E-state index in [0.29, 0.717) is 0 Å². The molecule has 0 fully saturated rings. The van der Waals surface area contributed by atoms with Crippen molar-refractivity contribution in [3.05, 3.63) is 59.2 Å². The van der Waals surface area contributed by atoms with E-state index in [1.54, 1.807) is 0 Å². The van der Waals surface area contributed by atoms with Gasteiger partial charge in [0.1, 0.15) is 0 Å². The molecule has 0 aliphatic rings. The summed E-state index contributed by atoms with van der Waals surface area (Å²) in [6.07, 6.45) is 6.78. The first-order valence-corrected chi connectivity index (χ1v) is 9.16. The smallest absolute Gasteiger partial charge is 0.0375 e. The summed E-state index contributed by atoms with van der Waals surface area (Å²) in [5.41, 5.74) is 5.23. The molecular formula is C22H38N2. The Labute approximate surface area is 150 Å². The van der Waals surface area contributed by atoms with Crippen molar-refractivity contribution in [3.63, 3.8) is 0 Å². The molecule has 0 aromatic carbocycles. The van der Waals surface area contributed by atoms with E-state index in [1.165, 1.54) is 16.7 Å². The summed E-state index contributed by atoms with van der Waals surface area (Å²) in [6, 6.07) is 6.35. The largest absolute Gasteiger partial charge is 0.264 e. The Hall–Kier alpha value is -1.70. The zero-order valence-electron chi connectivity index (χ0n) is 17.6. The maximum Gasteiger partial charge on any atom is 0.0375 e. The van der Waals surface area contributed by atoms with Gasteiger partial charge in [0.15, 0.2) is 0 Å². The highest BCUT2D eigenvalue weighted by molar-refractivity contribution is 5.23. The molecule has 2 heterocycles. The molecule has 0 spiro atoms. The van der Waals surface area contributed by atoms with E-state index >= 15 is 0 Å². The standard InChI is InChI=1S/C10H15N.C8H11N.2C2H6/c1-8-5-9(7-11-6-8)10(2,3)4;1-3-8-4-5-9-7(2)6-8;2*1-2/h5-7H,1-4H3;4-6H,3H2,1-2H3;2*1-2H3. The minimum absolute atomic E-state index is 0.221. The first kappa shape index (κ1) is 24.6. The Morgan fingerprint density at radius 2 is 1.50 bits per heavy atom. The van der Waals surface area contributed by atoms with Crippen molar-refractivity contribution in [2.45, 2.75) is 81.1 Å². The monoisotopic (exact) mass is 330 g/mol. The van der Waals surface area contributed by atoms with Crippen LogP contribution < -0.4 is 0 Å². The molecule has 0 aliphatic heterocycles. The van der Waals surface area contributed by atoms with Gasteiger partial charge in [-0.15, -0.1) is 0 Å². The predicted molar refractivity (Wildman–Crippen MR) is 109 cm³/mol. The third-order valence-electron chi connectivity index (χ3n) is 3.11. The van der Waals surface area contributed by atoms with Crippen molar-refractivity contribution in [3.8, 4) is 0 Å². The van der Waals surface area contributed by atoms with Crippen molar-refractivity contribution in [1.29, 1.82) is 0 Å². The fraction of sp³-hybridized carbons (Fsp3) is 0.545. The second-order valence-electron chi connectivity index (χ2n) is 6.16. The van der Waals surface area contributed by atoms with Crippen LogP contribution >= 0.6 is 0 Å². The van der Waals surface area contributed by atoms with Crippen LogP contribution in [0.2, 0.25) is 0 Å². The van der Waals surface area contributed by atoms with Crippen molar-refractivity contribution in [1.82, 2.24) is 9.97 Å². The second-order valence-corrected chi connectivity index (χ2v) is 6.16. The van der Waals surface area contributed by atoms with Gasteiger partial charge in [-0.3, -0.25) is 9.97 Å². The van der Waals surface area contributed by atoms with Gasteiger partial charge in [0.2, 0.25) is 0 Å². The fourth-order valence-electron chi connectivity index (χ4n) is 1.79. The lowest BCUT2D eigenvalue weighted by Gasteiger charge is -2.18. The number of hydrogen-bond donors (Lipinski definition) is 0. The average molecular weight is 331 g/mol. The van der Waals surface area contributed by atoms with E-state index in [4.69, 9.17) is 0 Å². The van der Waals surface area contributed by atoms with Gasteiger partial charge in [-0.25, -0.2) is 0 Å². The highest BCUT2D eigenvalue weighted by Gasteiger charge is 2.13. The summed E-state index contributed by atoms with van der Waals surface area (Å²) in [7, 11) is 0. The topological polar surface area (TPSA) is 25.8 Å².